The number of hydrogen-bond acceptors (Lipinski definition) is 8. The highest BCUT2D eigenvalue weighted by Crippen LogP contribution is 2.36. The SMILES string of the molecule is CCOC(=O)c1sc2c(c1C)c(=O)n(CCO[Si](C)(C)C(C)(C)C)c(=O)n2Cc1ccc2c(ccn2C(=O)OC(C)(C)C)c1. The van der Waals surface area contributed by atoms with E-state index in [1.807, 2.05) is 45.0 Å². The molecule has 0 bridgehead atoms. The number of carbonyl (C=O) groups excluding carboxylic acids is 2. The van der Waals surface area contributed by atoms with Crippen LogP contribution in [0.2, 0.25) is 18.1 Å². The molecule has 1 aromatic carbocycles. The molecule has 0 unspecified atom stereocenters. The van der Waals surface area contributed by atoms with Gasteiger partial charge in [0.15, 0.2) is 8.32 Å². The zero-order valence-electron chi connectivity index (χ0n) is 27.3. The first kappa shape index (κ1) is 33.4. The molecule has 238 valence electrons. The second-order valence-electron chi connectivity index (χ2n) is 13.5. The molecule has 3 aromatic heterocycles. The van der Waals surface area contributed by atoms with Gasteiger partial charge in [-0.1, -0.05) is 26.8 Å². The lowest BCUT2D eigenvalue weighted by atomic mass is 10.1. The Kier molecular flexibility index (Phi) is 9.21. The van der Waals surface area contributed by atoms with Crippen LogP contribution in [-0.4, -0.2) is 52.9 Å². The van der Waals surface area contributed by atoms with E-state index < -0.39 is 37.2 Å². The van der Waals surface area contributed by atoms with Crippen LogP contribution in [-0.2, 0) is 27.0 Å². The van der Waals surface area contributed by atoms with Crippen LogP contribution in [0.1, 0.15) is 69.3 Å². The minimum Gasteiger partial charge on any atom is -0.462 e. The van der Waals surface area contributed by atoms with Crippen molar-refractivity contribution in [2.45, 2.75) is 92.2 Å². The monoisotopic (exact) mass is 641 g/mol. The van der Waals surface area contributed by atoms with Gasteiger partial charge < -0.3 is 13.9 Å². The topological polar surface area (TPSA) is 111 Å². The number of esters is 1. The minimum absolute atomic E-state index is 0.0261. The third-order valence-electron chi connectivity index (χ3n) is 8.02. The maximum absolute atomic E-state index is 14.0. The first-order valence-corrected chi connectivity index (χ1v) is 18.5. The predicted molar refractivity (Wildman–Crippen MR) is 177 cm³/mol. The molecule has 0 amide bonds. The number of rotatable bonds is 8. The molecule has 3 heterocycles. The van der Waals surface area contributed by atoms with Gasteiger partial charge in [0.2, 0.25) is 0 Å². The fraction of sp³-hybridized carbons (Fsp3) is 0.500. The third kappa shape index (κ3) is 6.62. The van der Waals surface area contributed by atoms with E-state index in [9.17, 15) is 19.2 Å². The maximum atomic E-state index is 14.0. The molecule has 10 nitrogen and oxygen atoms in total. The van der Waals surface area contributed by atoms with Crippen LogP contribution in [0, 0.1) is 6.92 Å². The lowest BCUT2D eigenvalue weighted by Gasteiger charge is -2.36. The van der Waals surface area contributed by atoms with Crippen LogP contribution < -0.4 is 11.2 Å². The molecule has 0 atom stereocenters. The second-order valence-corrected chi connectivity index (χ2v) is 19.3. The smallest absolute Gasteiger partial charge is 0.418 e. The standard InChI is InChI=1S/C32H43N3O7SSi/c1-11-40-28(37)25-20(2)24-26(36)34(16-17-41-44(9,10)32(6,7)8)29(38)35(27(24)43-25)19-21-12-13-23-22(18-21)14-15-33(23)30(39)42-31(3,4)5/h12-15,18H,11,16-17,19H2,1-10H3. The summed E-state index contributed by atoms with van der Waals surface area (Å²) in [5, 5.41) is 1.09. The van der Waals surface area contributed by atoms with Gasteiger partial charge in [0.05, 0.1) is 37.2 Å². The summed E-state index contributed by atoms with van der Waals surface area (Å²) in [5.41, 5.74) is 0.379. The molecule has 0 radical (unpaired) electrons. The number of nitrogens with zero attached hydrogens (tertiary/aromatic N) is 3. The maximum Gasteiger partial charge on any atom is 0.418 e. The normalized spacial score (nSPS) is 12.7. The molecule has 12 heteroatoms. The number of thiophene rings is 1. The molecule has 0 N–H and O–H groups in total. The van der Waals surface area contributed by atoms with Crippen molar-refractivity contribution >= 4 is 52.8 Å². The predicted octanol–water partition coefficient (Wildman–Crippen LogP) is 6.52. The summed E-state index contributed by atoms with van der Waals surface area (Å²) in [6, 6.07) is 7.36. The van der Waals surface area contributed by atoms with Gasteiger partial charge in [0.25, 0.3) is 5.56 Å². The van der Waals surface area contributed by atoms with Gasteiger partial charge in [-0.15, -0.1) is 11.3 Å². The van der Waals surface area contributed by atoms with Gasteiger partial charge in [-0.2, -0.15) is 0 Å². The number of hydrogen-bond donors (Lipinski definition) is 0. The Morgan fingerprint density at radius 1 is 1.00 bits per heavy atom. The van der Waals surface area contributed by atoms with E-state index in [0.717, 1.165) is 22.3 Å². The van der Waals surface area contributed by atoms with Crippen molar-refractivity contribution in [3.05, 3.63) is 67.3 Å². The van der Waals surface area contributed by atoms with E-state index in [1.165, 1.54) is 13.7 Å². The van der Waals surface area contributed by atoms with Crippen molar-refractivity contribution in [2.24, 2.45) is 0 Å². The molecule has 0 spiro atoms. The molecular weight excluding hydrogens is 599 g/mol. The van der Waals surface area contributed by atoms with Crippen molar-refractivity contribution < 1.29 is 23.5 Å². The first-order chi connectivity index (χ1) is 20.4. The molecule has 44 heavy (non-hydrogen) atoms. The lowest BCUT2D eigenvalue weighted by Crippen LogP contribution is -2.44. The summed E-state index contributed by atoms with van der Waals surface area (Å²) in [6.45, 7) is 20.2. The molecule has 4 aromatic rings. The number of aromatic nitrogens is 3. The van der Waals surface area contributed by atoms with E-state index in [2.05, 4.69) is 33.9 Å². The molecule has 0 saturated heterocycles. The van der Waals surface area contributed by atoms with Crippen molar-refractivity contribution in [1.82, 2.24) is 13.7 Å². The average molecular weight is 642 g/mol. The largest absolute Gasteiger partial charge is 0.462 e. The van der Waals surface area contributed by atoms with Gasteiger partial charge in [0, 0.05) is 11.6 Å². The van der Waals surface area contributed by atoms with Crippen molar-refractivity contribution in [2.75, 3.05) is 13.2 Å². The van der Waals surface area contributed by atoms with Crippen LogP contribution in [0.4, 0.5) is 4.79 Å². The van der Waals surface area contributed by atoms with Crippen molar-refractivity contribution in [3.8, 4) is 0 Å². The Morgan fingerprint density at radius 2 is 1.68 bits per heavy atom. The Balaban J connectivity index is 1.80. The van der Waals surface area contributed by atoms with Gasteiger partial charge in [-0.05, 0) is 82.1 Å². The van der Waals surface area contributed by atoms with E-state index in [0.29, 0.717) is 26.2 Å². The summed E-state index contributed by atoms with van der Waals surface area (Å²) in [7, 11) is -2.12. The summed E-state index contributed by atoms with van der Waals surface area (Å²) < 4.78 is 21.3. The third-order valence-corrected chi connectivity index (χ3v) is 13.9. The van der Waals surface area contributed by atoms with E-state index in [4.69, 9.17) is 13.9 Å². The quantitative estimate of drug-likeness (QED) is 0.159. The number of aryl methyl sites for hydroxylation is 1. The number of fused-ring (bicyclic) bond motifs is 2. The fourth-order valence-corrected chi connectivity index (χ4v) is 6.90. The van der Waals surface area contributed by atoms with Crippen molar-refractivity contribution in [3.63, 3.8) is 0 Å². The highest BCUT2D eigenvalue weighted by molar-refractivity contribution is 7.20. The van der Waals surface area contributed by atoms with Gasteiger partial charge in [0.1, 0.15) is 15.3 Å². The zero-order valence-corrected chi connectivity index (χ0v) is 29.1. The lowest BCUT2D eigenvalue weighted by molar-refractivity contribution is 0.0525. The highest BCUT2D eigenvalue weighted by Gasteiger charge is 2.37. The molecule has 0 saturated carbocycles. The molecule has 0 fully saturated rings. The van der Waals surface area contributed by atoms with Crippen LogP contribution in [0.3, 0.4) is 0 Å². The van der Waals surface area contributed by atoms with Gasteiger partial charge in [-0.25, -0.2) is 14.4 Å². The second kappa shape index (κ2) is 12.1. The first-order valence-electron chi connectivity index (χ1n) is 14.8. The zero-order chi connectivity index (χ0) is 32.8. The molecule has 0 aliphatic rings. The molecule has 0 aliphatic heterocycles. The number of benzene rings is 1. The Bertz CT molecular complexity index is 1850. The number of carbonyl (C=O) groups is 2. The summed E-state index contributed by atoms with van der Waals surface area (Å²) >= 11 is 1.09. The molecule has 0 aliphatic carbocycles. The molecular formula is C32H43N3O7SSi. The average Bonchev–Trinajstić information content (AvgIpc) is 3.48. The summed E-state index contributed by atoms with van der Waals surface area (Å²) in [6.07, 6.45) is 1.18. The summed E-state index contributed by atoms with van der Waals surface area (Å²) in [5.74, 6) is -0.526. The number of ether oxygens (including phenoxy) is 2. The van der Waals surface area contributed by atoms with Crippen LogP contribution in [0.15, 0.2) is 40.1 Å². The van der Waals surface area contributed by atoms with Crippen LogP contribution in [0.25, 0.3) is 21.1 Å². The fourth-order valence-electron chi connectivity index (χ4n) is 4.67. The summed E-state index contributed by atoms with van der Waals surface area (Å²) in [4.78, 5) is 54.0. The highest BCUT2D eigenvalue weighted by atomic mass is 32.1. The Labute approximate surface area is 262 Å². The van der Waals surface area contributed by atoms with Crippen molar-refractivity contribution in [1.29, 1.82) is 0 Å². The van der Waals surface area contributed by atoms with Gasteiger partial charge >= 0.3 is 17.8 Å². The Hall–Kier alpha value is -3.48. The molecule has 4 rings (SSSR count). The van der Waals surface area contributed by atoms with Crippen LogP contribution >= 0.6 is 11.3 Å². The van der Waals surface area contributed by atoms with Crippen LogP contribution in [0.5, 0.6) is 0 Å². The van der Waals surface area contributed by atoms with Gasteiger partial charge in [-0.3, -0.25) is 18.5 Å². The Morgan fingerprint density at radius 3 is 2.30 bits per heavy atom. The van der Waals surface area contributed by atoms with E-state index >= 15 is 0 Å². The van der Waals surface area contributed by atoms with E-state index in [1.54, 1.807) is 20.0 Å². The minimum atomic E-state index is -2.12. The van der Waals surface area contributed by atoms with E-state index in [-0.39, 0.29) is 31.3 Å².